The minimum absolute atomic E-state index is 0.427. The van der Waals surface area contributed by atoms with Crippen LogP contribution in [0.3, 0.4) is 0 Å². The van der Waals surface area contributed by atoms with Gasteiger partial charge in [-0.1, -0.05) is 11.6 Å². The molecule has 0 atom stereocenters. The number of methoxy groups -OCH3 is 1. The van der Waals surface area contributed by atoms with Gasteiger partial charge in [0, 0.05) is 10.9 Å². The fraction of sp³-hybridized carbons (Fsp3) is 0.167. The first-order valence-electron chi connectivity index (χ1n) is 4.86. The third kappa shape index (κ3) is 2.26. The summed E-state index contributed by atoms with van der Waals surface area (Å²) in [7, 11) is 1.58. The minimum Gasteiger partial charge on any atom is -0.495 e. The summed E-state index contributed by atoms with van der Waals surface area (Å²) in [6.07, 6.45) is 0. The van der Waals surface area contributed by atoms with E-state index in [4.69, 9.17) is 21.6 Å². The summed E-state index contributed by atoms with van der Waals surface area (Å²) in [6.45, 7) is 1.96. The highest BCUT2D eigenvalue weighted by Gasteiger charge is 2.11. The number of aryl methyl sites for hydroxylation is 1. The predicted octanol–water partition coefficient (Wildman–Crippen LogP) is 3.65. The number of ether oxygens (including phenoxy) is 1. The third-order valence-corrected chi connectivity index (χ3v) is 3.52. The van der Waals surface area contributed by atoms with Crippen molar-refractivity contribution in [2.24, 2.45) is 0 Å². The van der Waals surface area contributed by atoms with E-state index in [0.29, 0.717) is 16.5 Å². The van der Waals surface area contributed by atoms with E-state index >= 15 is 0 Å². The van der Waals surface area contributed by atoms with Crippen LogP contribution in [-0.4, -0.2) is 12.1 Å². The SMILES string of the molecule is COc1cc(C)c(-c2nc(C#N)cs2)cc1Cl. The van der Waals surface area contributed by atoms with E-state index in [9.17, 15) is 0 Å². The normalized spacial score (nSPS) is 10.0. The average molecular weight is 265 g/mol. The molecule has 0 unspecified atom stereocenters. The van der Waals surface area contributed by atoms with Gasteiger partial charge in [-0.2, -0.15) is 5.26 Å². The van der Waals surface area contributed by atoms with Crippen molar-refractivity contribution in [1.82, 2.24) is 4.98 Å². The van der Waals surface area contributed by atoms with Gasteiger partial charge in [0.05, 0.1) is 12.1 Å². The summed E-state index contributed by atoms with van der Waals surface area (Å²) in [4.78, 5) is 4.21. The molecule has 0 spiro atoms. The molecule has 0 N–H and O–H groups in total. The molecule has 2 rings (SSSR count). The molecular weight excluding hydrogens is 256 g/mol. The van der Waals surface area contributed by atoms with Crippen LogP contribution in [0.15, 0.2) is 17.5 Å². The van der Waals surface area contributed by atoms with Gasteiger partial charge in [0.1, 0.15) is 16.8 Å². The summed E-state index contributed by atoms with van der Waals surface area (Å²) in [6, 6.07) is 5.70. The minimum atomic E-state index is 0.427. The van der Waals surface area contributed by atoms with Gasteiger partial charge in [-0.25, -0.2) is 4.98 Å². The van der Waals surface area contributed by atoms with E-state index in [1.165, 1.54) is 11.3 Å². The first kappa shape index (κ1) is 11.9. The molecule has 0 radical (unpaired) electrons. The van der Waals surface area contributed by atoms with Gasteiger partial charge in [-0.05, 0) is 24.6 Å². The number of hydrogen-bond acceptors (Lipinski definition) is 4. The van der Waals surface area contributed by atoms with Crippen LogP contribution < -0.4 is 4.74 Å². The summed E-state index contributed by atoms with van der Waals surface area (Å²) in [5.74, 6) is 0.643. The number of benzene rings is 1. The number of nitriles is 1. The lowest BCUT2D eigenvalue weighted by Crippen LogP contribution is -1.89. The molecular formula is C12H9ClN2OS. The lowest BCUT2D eigenvalue weighted by molar-refractivity contribution is 0.415. The first-order chi connectivity index (χ1) is 8.15. The smallest absolute Gasteiger partial charge is 0.152 e. The number of hydrogen-bond donors (Lipinski definition) is 0. The quantitative estimate of drug-likeness (QED) is 0.832. The Morgan fingerprint density at radius 3 is 2.82 bits per heavy atom. The summed E-state index contributed by atoms with van der Waals surface area (Å²) >= 11 is 7.51. The van der Waals surface area contributed by atoms with Gasteiger partial charge in [-0.3, -0.25) is 0 Å². The van der Waals surface area contributed by atoms with Gasteiger partial charge < -0.3 is 4.74 Å². The van der Waals surface area contributed by atoms with E-state index in [1.807, 2.05) is 25.1 Å². The van der Waals surface area contributed by atoms with Gasteiger partial charge >= 0.3 is 0 Å². The number of rotatable bonds is 2. The molecule has 0 aliphatic heterocycles. The fourth-order valence-corrected chi connectivity index (χ4v) is 2.56. The van der Waals surface area contributed by atoms with E-state index in [1.54, 1.807) is 12.5 Å². The Hall–Kier alpha value is -1.57. The lowest BCUT2D eigenvalue weighted by Gasteiger charge is -2.07. The molecule has 0 bridgehead atoms. The average Bonchev–Trinajstić information content (AvgIpc) is 2.80. The van der Waals surface area contributed by atoms with Crippen LogP contribution in [0.25, 0.3) is 10.6 Å². The molecule has 0 fully saturated rings. The molecule has 1 aromatic heterocycles. The van der Waals surface area contributed by atoms with Crippen LogP contribution in [0.4, 0.5) is 0 Å². The maximum atomic E-state index is 8.75. The highest BCUT2D eigenvalue weighted by atomic mass is 35.5. The molecule has 86 valence electrons. The molecule has 0 aliphatic carbocycles. The number of aromatic nitrogens is 1. The van der Waals surface area contributed by atoms with Crippen molar-refractivity contribution in [3.63, 3.8) is 0 Å². The van der Waals surface area contributed by atoms with Crippen LogP contribution in [0.1, 0.15) is 11.3 Å². The largest absolute Gasteiger partial charge is 0.495 e. The van der Waals surface area contributed by atoms with Crippen molar-refractivity contribution >= 4 is 22.9 Å². The third-order valence-electron chi connectivity index (χ3n) is 2.35. The molecule has 1 heterocycles. The zero-order valence-electron chi connectivity index (χ0n) is 9.32. The Kier molecular flexibility index (Phi) is 3.32. The molecule has 17 heavy (non-hydrogen) atoms. The molecule has 1 aromatic carbocycles. The van der Waals surface area contributed by atoms with Crippen molar-refractivity contribution in [3.8, 4) is 22.4 Å². The lowest BCUT2D eigenvalue weighted by atomic mass is 10.1. The van der Waals surface area contributed by atoms with Crippen LogP contribution in [-0.2, 0) is 0 Å². The second kappa shape index (κ2) is 4.74. The first-order valence-corrected chi connectivity index (χ1v) is 6.11. The molecule has 0 saturated heterocycles. The molecule has 3 nitrogen and oxygen atoms in total. The van der Waals surface area contributed by atoms with E-state index < -0.39 is 0 Å². The Bertz CT molecular complexity index is 601. The molecule has 0 aliphatic rings. The molecule has 0 amide bonds. The maximum Gasteiger partial charge on any atom is 0.152 e. The Balaban J connectivity index is 2.53. The second-order valence-electron chi connectivity index (χ2n) is 3.45. The van der Waals surface area contributed by atoms with E-state index in [2.05, 4.69) is 4.98 Å². The molecule has 2 aromatic rings. The van der Waals surface area contributed by atoms with Crippen molar-refractivity contribution in [2.45, 2.75) is 6.92 Å². The van der Waals surface area contributed by atoms with Crippen LogP contribution in [0.5, 0.6) is 5.75 Å². The topological polar surface area (TPSA) is 45.9 Å². The van der Waals surface area contributed by atoms with Gasteiger partial charge in [-0.15, -0.1) is 11.3 Å². The highest BCUT2D eigenvalue weighted by Crippen LogP contribution is 2.34. The fourth-order valence-electron chi connectivity index (χ4n) is 1.49. The predicted molar refractivity (Wildman–Crippen MR) is 68.6 cm³/mol. The monoisotopic (exact) mass is 264 g/mol. The Labute approximate surface area is 108 Å². The maximum absolute atomic E-state index is 8.75. The zero-order valence-corrected chi connectivity index (χ0v) is 10.9. The van der Waals surface area contributed by atoms with E-state index in [0.717, 1.165) is 16.1 Å². The van der Waals surface area contributed by atoms with Gasteiger partial charge in [0.15, 0.2) is 5.69 Å². The van der Waals surface area contributed by atoms with Crippen LogP contribution in [0, 0.1) is 18.3 Å². The Morgan fingerprint density at radius 1 is 1.47 bits per heavy atom. The number of halogens is 1. The van der Waals surface area contributed by atoms with Gasteiger partial charge in [0.25, 0.3) is 0 Å². The number of nitrogens with zero attached hydrogens (tertiary/aromatic N) is 2. The Morgan fingerprint density at radius 2 is 2.24 bits per heavy atom. The van der Waals surface area contributed by atoms with Gasteiger partial charge in [0.2, 0.25) is 0 Å². The van der Waals surface area contributed by atoms with Crippen molar-refractivity contribution in [2.75, 3.05) is 7.11 Å². The summed E-state index contributed by atoms with van der Waals surface area (Å²) in [5.41, 5.74) is 2.38. The molecule has 5 heteroatoms. The highest BCUT2D eigenvalue weighted by molar-refractivity contribution is 7.13. The van der Waals surface area contributed by atoms with Crippen LogP contribution in [0.2, 0.25) is 5.02 Å². The van der Waals surface area contributed by atoms with Crippen LogP contribution >= 0.6 is 22.9 Å². The van der Waals surface area contributed by atoms with E-state index in [-0.39, 0.29) is 0 Å². The standard InChI is InChI=1S/C12H9ClN2OS/c1-7-3-11(16-2)10(13)4-9(7)12-15-8(5-14)6-17-12/h3-4,6H,1-2H3. The molecule has 0 saturated carbocycles. The van der Waals surface area contributed by atoms with Crippen molar-refractivity contribution in [1.29, 1.82) is 5.26 Å². The zero-order chi connectivity index (χ0) is 12.4. The van der Waals surface area contributed by atoms with Crippen molar-refractivity contribution < 1.29 is 4.74 Å². The summed E-state index contributed by atoms with van der Waals surface area (Å²) < 4.78 is 5.14. The summed E-state index contributed by atoms with van der Waals surface area (Å²) in [5, 5.41) is 11.8. The van der Waals surface area contributed by atoms with Crippen molar-refractivity contribution in [3.05, 3.63) is 33.8 Å². The second-order valence-corrected chi connectivity index (χ2v) is 4.72. The number of thiazole rings is 1.